The van der Waals surface area contributed by atoms with E-state index in [1.807, 2.05) is 132 Å². The number of anilines is 4. The number of carboxylic acids is 2. The smallest absolute Gasteiger partial charge is 0.870 e. The normalized spacial score (nSPS) is 9.83. The Balaban J connectivity index is -0.00000144. The first-order valence-electron chi connectivity index (χ1n) is 40.7. The van der Waals surface area contributed by atoms with E-state index >= 15 is 0 Å². The zero-order valence-electron chi connectivity index (χ0n) is 73.2. The van der Waals surface area contributed by atoms with E-state index in [1.54, 1.807) is 24.3 Å². The number of carboxylic acid groups (broad SMARTS) is 2. The second-order valence-corrected chi connectivity index (χ2v) is 28.8. The molecule has 0 spiro atoms. The minimum atomic E-state index is -0.875. The Morgan fingerprint density at radius 2 is 0.611 bits per heavy atom. The number of aromatic carboxylic acids is 1. The maximum absolute atomic E-state index is 13.1. The van der Waals surface area contributed by atoms with Gasteiger partial charge in [-0.3, -0.25) is 63.4 Å². The number of halogens is 5. The molecule has 0 saturated heterocycles. The number of amides is 2. The number of nitrogen functional groups attached to an aromatic ring is 2. The van der Waals surface area contributed by atoms with Gasteiger partial charge in [0.15, 0.2) is 23.1 Å². The number of ether oxygens (including phenoxy) is 2. The number of rotatable bonds is 42. The Labute approximate surface area is 760 Å². The summed E-state index contributed by atoms with van der Waals surface area (Å²) in [5.74, 6) is -3.57. The number of unbranched alkanes of at least 4 members (excludes halogenated alkanes) is 14. The summed E-state index contributed by atoms with van der Waals surface area (Å²) in [6, 6.07) is 47.1. The molecule has 8 aromatic rings. The number of esters is 2. The van der Waals surface area contributed by atoms with Gasteiger partial charge in [0.25, 0.3) is 11.4 Å². The molecule has 0 saturated carbocycles. The summed E-state index contributed by atoms with van der Waals surface area (Å²) in [6.07, 6.45) is 20.2. The van der Waals surface area contributed by atoms with Crippen molar-refractivity contribution in [3.8, 4) is 0 Å². The molecule has 0 bridgehead atoms. The van der Waals surface area contributed by atoms with E-state index in [0.29, 0.717) is 81.1 Å². The largest absolute Gasteiger partial charge is 1.00 e. The van der Waals surface area contributed by atoms with E-state index in [4.69, 9.17) is 27.4 Å². The minimum absolute atomic E-state index is 0. The maximum atomic E-state index is 13.1. The molecule has 0 radical (unpaired) electrons. The number of aryl methyl sites for hydroxylation is 5. The molecule has 0 atom stereocenters. The molecular weight excluding hydrogens is 1670 g/mol. The van der Waals surface area contributed by atoms with Crippen LogP contribution in [0.2, 0.25) is 0 Å². The standard InChI is InChI=1S/C21H23FN2O4.C21H25FN2O2.C16H22O3.C15H20O3.C8H8O2.C7H15NO2.C6H5FN2O2.2ClH.Li.H2O/c1-15-8-10-16(11-9-15)20(25)6-4-2-3-5-7-21(26)23-18-13-12-17(22)14-19(18)24(27)28;1-15-8-10-16(11-9-15)20(25)6-4-2-3-5-7-21(26)24-19-13-12-17(22)14-18(19)23;1-13-9-11-14(12-10-13)15(17)7-5-3-4-6-8-16(18)19-2;1-12-8-10-13(11-9-12)14(16)6-4-2-3-5-7-15(17)18;1-6-2-4-7(5-3-6)8(9)10;1-10-7(9)5-3-2-4-6-8;7-4-1-2-5(8)6(3-4)9(10)11;;;;/h8-14H,2-7H2,1H3,(H,23,26);8-14H,2-7,23H2,1H3,(H,24,26);9-12H,3-8H2,1-2H3;8-11H,2-7H2,1H3,(H,17,18);2-5H,1H3,(H,9,10);2-6,8H2,1H3;1-3H,8H2;2*1H;;1H2/q;;;;;;;;;+1;/p-1. The van der Waals surface area contributed by atoms with E-state index < -0.39 is 50.6 Å². The van der Waals surface area contributed by atoms with Gasteiger partial charge in [0.05, 0.1) is 53.1 Å². The quantitative estimate of drug-likeness (QED) is 0.00355. The summed E-state index contributed by atoms with van der Waals surface area (Å²) < 4.78 is 47.5. The van der Waals surface area contributed by atoms with Crippen LogP contribution >= 0.6 is 24.8 Å². The minimum Gasteiger partial charge on any atom is -0.870 e. The average molecular weight is 1790 g/mol. The molecule has 0 aliphatic carbocycles. The van der Waals surface area contributed by atoms with Gasteiger partial charge in [-0.2, -0.15) is 0 Å². The van der Waals surface area contributed by atoms with Gasteiger partial charge in [-0.05, 0) is 160 Å². The van der Waals surface area contributed by atoms with Crippen molar-refractivity contribution in [2.45, 2.75) is 214 Å². The number of benzene rings is 8. The van der Waals surface area contributed by atoms with Gasteiger partial charge in [0.2, 0.25) is 11.8 Å². The van der Waals surface area contributed by atoms with Gasteiger partial charge in [-0.1, -0.05) is 195 Å². The number of carbonyl (C=O) groups is 10. The van der Waals surface area contributed by atoms with E-state index in [-0.39, 0.29) is 126 Å². The predicted octanol–water partition coefficient (Wildman–Crippen LogP) is 18.7. The molecule has 0 aliphatic heterocycles. The van der Waals surface area contributed by atoms with Gasteiger partial charge < -0.3 is 53.0 Å². The van der Waals surface area contributed by atoms with Crippen LogP contribution in [0.3, 0.4) is 0 Å². The third kappa shape index (κ3) is 55.0. The number of hydrogen-bond donors (Lipinski definition) is 7. The van der Waals surface area contributed by atoms with Crippen molar-refractivity contribution in [3.05, 3.63) is 269 Å². The molecule has 0 aromatic heterocycles. The molecule has 26 nitrogen and oxygen atoms in total. The summed E-state index contributed by atoms with van der Waals surface area (Å²) >= 11 is 0. The fourth-order valence-electron chi connectivity index (χ4n) is 11.2. The fraction of sp³-hybridized carbons (Fsp3) is 0.383. The van der Waals surface area contributed by atoms with Crippen LogP contribution in [0.4, 0.5) is 47.3 Å². The van der Waals surface area contributed by atoms with Crippen LogP contribution in [0.25, 0.3) is 0 Å². The van der Waals surface area contributed by atoms with Crippen molar-refractivity contribution >= 4 is 118 Å². The number of aliphatic carboxylic acids is 1. The number of nitrogens with one attached hydrogen (secondary N) is 2. The van der Waals surface area contributed by atoms with E-state index in [9.17, 15) is 81.3 Å². The van der Waals surface area contributed by atoms with Crippen molar-refractivity contribution in [2.24, 2.45) is 5.73 Å². The third-order valence-corrected chi connectivity index (χ3v) is 18.4. The van der Waals surface area contributed by atoms with E-state index in [2.05, 4.69) is 20.1 Å². The Morgan fingerprint density at radius 1 is 0.349 bits per heavy atom. The van der Waals surface area contributed by atoms with E-state index in [1.165, 1.54) is 44.0 Å². The maximum Gasteiger partial charge on any atom is 1.00 e. The van der Waals surface area contributed by atoms with Crippen LogP contribution in [0.5, 0.6) is 0 Å². The first-order valence-corrected chi connectivity index (χ1v) is 40.7. The molecule has 11 N–H and O–H groups in total. The van der Waals surface area contributed by atoms with Crippen molar-refractivity contribution < 1.29 is 115 Å². The molecule has 8 aromatic carbocycles. The van der Waals surface area contributed by atoms with Gasteiger partial charge in [-0.25, -0.2) is 18.0 Å². The SMILES string of the molecule is COC(=O)CCCCCCC(=O)c1ccc(C)cc1.COC(=O)CCCCCN.Cc1ccc(C(=O)CCCCCCC(=O)Nc2ccc(F)cc2N)cc1.Cc1ccc(C(=O)CCCCCCC(=O)Nc2ccc(F)cc2[N+](=O)[O-])cc1.Cc1ccc(C(=O)CCCCCCC(=O)O)cc1.Cc1ccc(C(=O)O)cc1.Cl.Cl.Nc1ccc(F)cc1[N+](=O)[O-].[Li+].[OH-]. The number of methoxy groups -OCH3 is 2. The summed E-state index contributed by atoms with van der Waals surface area (Å²) in [5, 5.41) is 43.1. The number of ketones is 4. The Hall–Kier alpha value is -11.5. The zero-order valence-corrected chi connectivity index (χ0v) is 74.8. The number of nitro groups is 2. The number of nitrogens with zero attached hydrogens (tertiary/aromatic N) is 2. The average Bonchev–Trinajstić information content (AvgIpc) is 0.853. The van der Waals surface area contributed by atoms with Gasteiger partial charge in [0.1, 0.15) is 28.8 Å². The molecule has 0 aliphatic rings. The van der Waals surface area contributed by atoms with Crippen molar-refractivity contribution in [2.75, 3.05) is 42.9 Å². The van der Waals surface area contributed by atoms with Crippen LogP contribution in [-0.4, -0.2) is 105 Å². The van der Waals surface area contributed by atoms with Crippen LogP contribution in [0, 0.1) is 72.3 Å². The van der Waals surface area contributed by atoms with Crippen LogP contribution in [0.1, 0.15) is 259 Å². The number of Topliss-reactive ketones (excluding diaryl/α,β-unsaturated/α-hetero) is 4. The molecule has 32 heteroatoms. The predicted molar refractivity (Wildman–Crippen MR) is 485 cm³/mol. The molecular formula is C94H121Cl2F3LiN7O19. The summed E-state index contributed by atoms with van der Waals surface area (Å²) in [6.45, 7) is 10.6. The molecule has 0 fully saturated rings. The van der Waals surface area contributed by atoms with Crippen molar-refractivity contribution in [1.29, 1.82) is 0 Å². The van der Waals surface area contributed by atoms with Gasteiger partial charge in [0, 0.05) is 80.0 Å². The van der Waals surface area contributed by atoms with Crippen molar-refractivity contribution in [3.63, 3.8) is 0 Å². The molecule has 0 heterocycles. The first kappa shape index (κ1) is 119. The number of carbonyl (C=O) groups excluding carboxylic acids is 8. The second kappa shape index (κ2) is 69.8. The number of nitro benzene ring substituents is 2. The number of nitrogens with two attached hydrogens (primary N) is 3. The Kier molecular flexibility index (Phi) is 65.8. The van der Waals surface area contributed by atoms with Crippen LogP contribution < -0.4 is 46.7 Å². The van der Waals surface area contributed by atoms with Crippen LogP contribution in [0.15, 0.2) is 176 Å². The molecule has 2 amide bonds. The zero-order chi connectivity index (χ0) is 90.7. The molecule has 8 rings (SSSR count). The molecule has 126 heavy (non-hydrogen) atoms. The van der Waals surface area contributed by atoms with Gasteiger partial charge >= 0.3 is 42.7 Å². The monoisotopic (exact) mass is 1790 g/mol. The number of hydrogen-bond acceptors (Lipinski definition) is 20. The summed E-state index contributed by atoms with van der Waals surface area (Å²) in [5.41, 5.74) is 24.9. The van der Waals surface area contributed by atoms with Crippen molar-refractivity contribution in [1.82, 2.24) is 0 Å². The Morgan fingerprint density at radius 3 is 0.897 bits per heavy atom. The topological polar surface area (TPSA) is 448 Å². The van der Waals surface area contributed by atoms with Gasteiger partial charge in [-0.15, -0.1) is 24.8 Å². The fourth-order valence-corrected chi connectivity index (χ4v) is 11.2. The third-order valence-electron chi connectivity index (χ3n) is 18.4. The van der Waals surface area contributed by atoms with Crippen LogP contribution in [-0.2, 0) is 33.4 Å². The summed E-state index contributed by atoms with van der Waals surface area (Å²) in [7, 11) is 2.81. The second-order valence-electron chi connectivity index (χ2n) is 28.8. The molecule has 0 unspecified atom stereocenters. The Bertz CT molecular complexity index is 4590. The summed E-state index contributed by atoms with van der Waals surface area (Å²) in [4.78, 5) is 133. The first-order chi connectivity index (χ1) is 58.2. The molecule has 682 valence electrons. The van der Waals surface area contributed by atoms with E-state index in [0.717, 1.165) is 178 Å².